The Balaban J connectivity index is 1.86. The van der Waals surface area contributed by atoms with E-state index in [4.69, 9.17) is 5.11 Å². The monoisotopic (exact) mass is 319 g/mol. The summed E-state index contributed by atoms with van der Waals surface area (Å²) in [4.78, 5) is 37.7. The second-order valence-electron chi connectivity index (χ2n) is 5.62. The van der Waals surface area contributed by atoms with Crippen molar-refractivity contribution >= 4 is 17.9 Å². The number of hydrogen-bond donors (Lipinski definition) is 2. The van der Waals surface area contributed by atoms with Crippen LogP contribution in [0.5, 0.6) is 0 Å². The van der Waals surface area contributed by atoms with Gasteiger partial charge in [0.2, 0.25) is 5.91 Å². The number of nitrogens with zero attached hydrogens (tertiary/aromatic N) is 2. The van der Waals surface area contributed by atoms with Gasteiger partial charge in [0.25, 0.3) is 0 Å². The molecule has 1 atom stereocenters. The first-order chi connectivity index (χ1) is 10.9. The maximum Gasteiger partial charge on any atom is 0.326 e. The third-order valence-corrected chi connectivity index (χ3v) is 4.14. The summed E-state index contributed by atoms with van der Waals surface area (Å²) in [6, 6.07) is 6.71. The van der Waals surface area contributed by atoms with E-state index in [0.29, 0.717) is 13.1 Å². The van der Waals surface area contributed by atoms with Gasteiger partial charge in [-0.15, -0.1) is 0 Å². The normalized spacial score (nSPS) is 14.6. The van der Waals surface area contributed by atoms with E-state index in [1.54, 1.807) is 4.90 Å². The molecule has 0 spiro atoms. The minimum absolute atomic E-state index is 0.217. The van der Waals surface area contributed by atoms with E-state index in [-0.39, 0.29) is 12.6 Å². The van der Waals surface area contributed by atoms with Gasteiger partial charge in [0.05, 0.1) is 6.54 Å². The summed E-state index contributed by atoms with van der Waals surface area (Å²) >= 11 is 0. The molecule has 3 amide bonds. The van der Waals surface area contributed by atoms with Crippen molar-refractivity contribution in [2.45, 2.75) is 25.9 Å². The van der Waals surface area contributed by atoms with Crippen LogP contribution >= 0.6 is 0 Å². The summed E-state index contributed by atoms with van der Waals surface area (Å²) in [5, 5.41) is 11.4. The number of carbonyl (C=O) groups excluding carboxylic acids is 2. The number of rotatable bonds is 4. The van der Waals surface area contributed by atoms with Gasteiger partial charge in [-0.3, -0.25) is 4.79 Å². The third-order valence-electron chi connectivity index (χ3n) is 4.14. The molecule has 0 saturated carbocycles. The van der Waals surface area contributed by atoms with Gasteiger partial charge in [0.15, 0.2) is 0 Å². The molecule has 0 saturated heterocycles. The zero-order valence-corrected chi connectivity index (χ0v) is 13.3. The second kappa shape index (κ2) is 7.13. The highest BCUT2D eigenvalue weighted by Gasteiger charge is 2.24. The van der Waals surface area contributed by atoms with Crippen LogP contribution in [-0.4, -0.2) is 59.0 Å². The molecule has 7 heteroatoms. The molecule has 1 aliphatic heterocycles. The summed E-state index contributed by atoms with van der Waals surface area (Å²) in [6.45, 7) is 2.31. The van der Waals surface area contributed by atoms with E-state index in [1.165, 1.54) is 19.5 Å². The molecule has 0 fully saturated rings. The predicted molar refractivity (Wildman–Crippen MR) is 83.8 cm³/mol. The lowest BCUT2D eigenvalue weighted by Crippen LogP contribution is -2.48. The van der Waals surface area contributed by atoms with E-state index >= 15 is 0 Å². The van der Waals surface area contributed by atoms with Crippen molar-refractivity contribution in [3.63, 3.8) is 0 Å². The number of amides is 3. The number of carbonyl (C=O) groups is 3. The van der Waals surface area contributed by atoms with Crippen molar-refractivity contribution in [2.24, 2.45) is 0 Å². The van der Waals surface area contributed by atoms with E-state index in [9.17, 15) is 14.4 Å². The highest BCUT2D eigenvalue weighted by Crippen LogP contribution is 2.18. The van der Waals surface area contributed by atoms with Gasteiger partial charge < -0.3 is 20.2 Å². The van der Waals surface area contributed by atoms with E-state index in [0.717, 1.165) is 16.9 Å². The first-order valence-electron chi connectivity index (χ1n) is 7.48. The van der Waals surface area contributed by atoms with Gasteiger partial charge in [-0.05, 0) is 24.5 Å². The first kappa shape index (κ1) is 16.8. The zero-order valence-electron chi connectivity index (χ0n) is 13.3. The molecule has 2 N–H and O–H groups in total. The number of likely N-dealkylation sites (N-methyl/N-ethyl adjacent to an activating group) is 1. The molecule has 0 radical (unpaired) electrons. The molecule has 1 unspecified atom stereocenters. The molecule has 0 bridgehead atoms. The number of aliphatic carboxylic acids is 1. The van der Waals surface area contributed by atoms with E-state index in [2.05, 4.69) is 11.4 Å². The number of benzene rings is 1. The zero-order chi connectivity index (χ0) is 17.0. The Morgan fingerprint density at radius 3 is 2.61 bits per heavy atom. The summed E-state index contributed by atoms with van der Waals surface area (Å²) in [7, 11) is 1.41. The molecule has 0 aromatic heterocycles. The van der Waals surface area contributed by atoms with Crippen LogP contribution in [0.25, 0.3) is 0 Å². The van der Waals surface area contributed by atoms with Crippen molar-refractivity contribution in [1.29, 1.82) is 0 Å². The lowest BCUT2D eigenvalue weighted by atomic mass is 10.0. The van der Waals surface area contributed by atoms with Crippen molar-refractivity contribution in [3.05, 3.63) is 35.4 Å². The smallest absolute Gasteiger partial charge is 0.326 e. The highest BCUT2D eigenvalue weighted by molar-refractivity contribution is 5.87. The Bertz CT molecular complexity index is 617. The molecule has 23 heavy (non-hydrogen) atoms. The molecule has 124 valence electrons. The molecule has 1 aliphatic rings. The first-order valence-corrected chi connectivity index (χ1v) is 7.48. The minimum Gasteiger partial charge on any atom is -0.480 e. The second-order valence-corrected chi connectivity index (χ2v) is 5.62. The summed E-state index contributed by atoms with van der Waals surface area (Å²) in [5.41, 5.74) is 2.35. The molecule has 7 nitrogen and oxygen atoms in total. The fourth-order valence-corrected chi connectivity index (χ4v) is 2.44. The average molecular weight is 319 g/mol. The lowest BCUT2D eigenvalue weighted by Gasteiger charge is -2.29. The molecule has 1 heterocycles. The van der Waals surface area contributed by atoms with Gasteiger partial charge in [-0.1, -0.05) is 24.3 Å². The number of carboxylic acid groups (broad SMARTS) is 1. The quantitative estimate of drug-likeness (QED) is 0.854. The van der Waals surface area contributed by atoms with Crippen LogP contribution in [0.1, 0.15) is 18.1 Å². The van der Waals surface area contributed by atoms with Crippen molar-refractivity contribution in [3.8, 4) is 0 Å². The Labute approximate surface area is 134 Å². The summed E-state index contributed by atoms with van der Waals surface area (Å²) < 4.78 is 0. The van der Waals surface area contributed by atoms with Crippen molar-refractivity contribution < 1.29 is 19.5 Å². The standard InChI is InChI=1S/C16H21N3O4/c1-11(15(21)22)18(2)14(20)9-17-16(23)19-8-7-12-5-3-4-6-13(12)10-19/h3-6,11H,7-10H2,1-2H3,(H,17,23)(H,21,22). The maximum atomic E-state index is 12.2. The molecular weight excluding hydrogens is 298 g/mol. The Kier molecular flexibility index (Phi) is 5.20. The fourth-order valence-electron chi connectivity index (χ4n) is 2.44. The Hall–Kier alpha value is -2.57. The van der Waals surface area contributed by atoms with Gasteiger partial charge in [0.1, 0.15) is 6.04 Å². The van der Waals surface area contributed by atoms with Crippen LogP contribution in [0.2, 0.25) is 0 Å². The van der Waals surface area contributed by atoms with Gasteiger partial charge in [0, 0.05) is 20.1 Å². The lowest BCUT2D eigenvalue weighted by molar-refractivity contribution is -0.147. The largest absolute Gasteiger partial charge is 0.480 e. The highest BCUT2D eigenvalue weighted by atomic mass is 16.4. The molecule has 1 aromatic rings. The van der Waals surface area contributed by atoms with E-state index in [1.807, 2.05) is 18.2 Å². The number of hydrogen-bond acceptors (Lipinski definition) is 3. The van der Waals surface area contributed by atoms with Crippen molar-refractivity contribution in [2.75, 3.05) is 20.1 Å². The summed E-state index contributed by atoms with van der Waals surface area (Å²) in [6.07, 6.45) is 0.785. The maximum absolute atomic E-state index is 12.2. The number of fused-ring (bicyclic) bond motifs is 1. The number of nitrogens with one attached hydrogen (secondary N) is 1. The topological polar surface area (TPSA) is 90.0 Å². The van der Waals surface area contributed by atoms with Crippen LogP contribution in [0.4, 0.5) is 4.79 Å². The van der Waals surface area contributed by atoms with Crippen molar-refractivity contribution in [1.82, 2.24) is 15.1 Å². The van der Waals surface area contributed by atoms with Crippen LogP contribution < -0.4 is 5.32 Å². The average Bonchev–Trinajstić information content (AvgIpc) is 2.57. The van der Waals surface area contributed by atoms with Crippen LogP contribution in [0.3, 0.4) is 0 Å². The van der Waals surface area contributed by atoms with Crippen LogP contribution in [0, 0.1) is 0 Å². The predicted octanol–water partition coefficient (Wildman–Crippen LogP) is 0.686. The van der Waals surface area contributed by atoms with Crippen LogP contribution in [-0.2, 0) is 22.6 Å². The number of carboxylic acids is 1. The molecule has 0 aliphatic carbocycles. The molecule has 1 aromatic carbocycles. The van der Waals surface area contributed by atoms with Crippen LogP contribution in [0.15, 0.2) is 24.3 Å². The number of urea groups is 1. The Morgan fingerprint density at radius 2 is 1.96 bits per heavy atom. The van der Waals surface area contributed by atoms with Gasteiger partial charge in [-0.2, -0.15) is 0 Å². The van der Waals surface area contributed by atoms with Gasteiger partial charge in [-0.25, -0.2) is 9.59 Å². The van der Waals surface area contributed by atoms with E-state index < -0.39 is 17.9 Å². The molecular formula is C16H21N3O4. The van der Waals surface area contributed by atoms with Gasteiger partial charge >= 0.3 is 12.0 Å². The minimum atomic E-state index is -1.08. The Morgan fingerprint density at radius 1 is 1.30 bits per heavy atom. The fraction of sp³-hybridized carbons (Fsp3) is 0.438. The SMILES string of the molecule is CC(C(=O)O)N(C)C(=O)CNC(=O)N1CCc2ccccc2C1. The third kappa shape index (κ3) is 4.00. The summed E-state index contributed by atoms with van der Waals surface area (Å²) in [5.74, 6) is -1.52. The molecule has 2 rings (SSSR count).